The van der Waals surface area contributed by atoms with E-state index in [0.29, 0.717) is 18.0 Å². The van der Waals surface area contributed by atoms with Crippen molar-refractivity contribution in [1.29, 1.82) is 0 Å². The van der Waals surface area contributed by atoms with Crippen molar-refractivity contribution in [2.75, 3.05) is 34.9 Å². The molecule has 2 rings (SSSR count). The van der Waals surface area contributed by atoms with Gasteiger partial charge in [-0.2, -0.15) is 0 Å². The van der Waals surface area contributed by atoms with Crippen LogP contribution in [0.25, 0.3) is 0 Å². The zero-order chi connectivity index (χ0) is 19.6. The largest absolute Gasteiger partial charge is 0.497 e. The monoisotopic (exact) mass is 499 g/mol. The molecule has 28 heavy (non-hydrogen) atoms. The number of rotatable bonds is 8. The Hall–Kier alpha value is -2.16. The Bertz CT molecular complexity index is 751. The molecule has 154 valence electrons. The van der Waals surface area contributed by atoms with Crippen LogP contribution in [0, 0.1) is 0 Å². The lowest BCUT2D eigenvalue weighted by atomic mass is 10.2. The molecule has 0 fully saturated rings. The van der Waals surface area contributed by atoms with Gasteiger partial charge in [-0.3, -0.25) is 0 Å². The topological polar surface area (TPSA) is 55.3 Å². The smallest absolute Gasteiger partial charge is 0.194 e. The maximum atomic E-state index is 5.37. The molecule has 0 aliphatic heterocycles. The van der Waals surface area contributed by atoms with E-state index in [1.807, 2.05) is 37.4 Å². The van der Waals surface area contributed by atoms with E-state index in [1.165, 1.54) is 5.56 Å². The van der Waals surface area contributed by atoms with Gasteiger partial charge in [0.05, 0.1) is 27.9 Å². The Labute approximate surface area is 184 Å². The number of hydrogen-bond donors (Lipinski definition) is 1. The van der Waals surface area contributed by atoms with Crippen LogP contribution < -0.4 is 19.5 Å². The molecule has 0 aliphatic carbocycles. The zero-order valence-electron chi connectivity index (χ0n) is 17.2. The second-order valence-electron chi connectivity index (χ2n) is 6.06. The number of methoxy groups -OCH3 is 3. The highest BCUT2D eigenvalue weighted by atomic mass is 127. The molecule has 0 unspecified atom stereocenters. The zero-order valence-corrected chi connectivity index (χ0v) is 19.5. The van der Waals surface area contributed by atoms with Gasteiger partial charge in [0.25, 0.3) is 0 Å². The summed E-state index contributed by atoms with van der Waals surface area (Å²) in [7, 11) is 6.97. The Balaban J connectivity index is 0.00000392. The highest BCUT2D eigenvalue weighted by molar-refractivity contribution is 14.0. The van der Waals surface area contributed by atoms with Crippen molar-refractivity contribution in [1.82, 2.24) is 10.2 Å². The van der Waals surface area contributed by atoms with Gasteiger partial charge in [-0.15, -0.1) is 24.0 Å². The van der Waals surface area contributed by atoms with Crippen LogP contribution in [0.5, 0.6) is 17.2 Å². The van der Waals surface area contributed by atoms with Crippen molar-refractivity contribution < 1.29 is 14.2 Å². The summed E-state index contributed by atoms with van der Waals surface area (Å²) in [5, 5.41) is 3.34. The average Bonchev–Trinajstić information content (AvgIpc) is 2.71. The molecule has 0 aromatic heterocycles. The molecule has 0 radical (unpaired) electrons. The molecular formula is C21H30IN3O3. The number of nitrogens with zero attached hydrogens (tertiary/aromatic N) is 2. The van der Waals surface area contributed by atoms with Crippen LogP contribution in [-0.2, 0) is 13.1 Å². The van der Waals surface area contributed by atoms with Crippen LogP contribution in [0.1, 0.15) is 18.1 Å². The van der Waals surface area contributed by atoms with E-state index in [9.17, 15) is 0 Å². The van der Waals surface area contributed by atoms with Gasteiger partial charge in [-0.05, 0) is 42.3 Å². The fourth-order valence-corrected chi connectivity index (χ4v) is 2.69. The van der Waals surface area contributed by atoms with Crippen LogP contribution in [-0.4, -0.2) is 45.8 Å². The summed E-state index contributed by atoms with van der Waals surface area (Å²) in [6.07, 6.45) is 0. The van der Waals surface area contributed by atoms with E-state index in [-0.39, 0.29) is 24.0 Å². The summed E-state index contributed by atoms with van der Waals surface area (Å²) in [6, 6.07) is 13.9. The van der Waals surface area contributed by atoms with Crippen molar-refractivity contribution in [2.24, 2.45) is 4.99 Å². The summed E-state index contributed by atoms with van der Waals surface area (Å²) in [5.41, 5.74) is 2.25. The van der Waals surface area contributed by atoms with E-state index in [4.69, 9.17) is 19.2 Å². The molecular weight excluding hydrogens is 469 g/mol. The Morgan fingerprint density at radius 2 is 1.57 bits per heavy atom. The van der Waals surface area contributed by atoms with Gasteiger partial charge in [-0.1, -0.05) is 18.2 Å². The third kappa shape index (κ3) is 6.78. The van der Waals surface area contributed by atoms with Crippen molar-refractivity contribution in [3.63, 3.8) is 0 Å². The van der Waals surface area contributed by atoms with Gasteiger partial charge in [0.2, 0.25) is 0 Å². The SMILES string of the molecule is CCNC(=NCc1ccc(OC)c(OC)c1)N(C)Cc1ccc(OC)cc1.I. The molecule has 1 N–H and O–H groups in total. The molecule has 0 saturated carbocycles. The van der Waals surface area contributed by atoms with Crippen LogP contribution in [0.2, 0.25) is 0 Å². The van der Waals surface area contributed by atoms with Gasteiger partial charge >= 0.3 is 0 Å². The first-order valence-corrected chi connectivity index (χ1v) is 8.94. The molecule has 0 spiro atoms. The standard InChI is InChI=1S/C21H29N3O3.HI/c1-6-22-21(24(2)15-16-7-10-18(25-3)11-8-16)23-14-17-9-12-19(26-4)20(13-17)27-5;/h7-13H,6,14-15H2,1-5H3,(H,22,23);1H. The summed E-state index contributed by atoms with van der Waals surface area (Å²) in [4.78, 5) is 6.86. The number of nitrogens with one attached hydrogen (secondary N) is 1. The predicted octanol–water partition coefficient (Wildman–Crippen LogP) is 3.93. The molecule has 0 amide bonds. The first-order chi connectivity index (χ1) is 13.1. The van der Waals surface area contributed by atoms with Gasteiger partial charge in [0, 0.05) is 20.1 Å². The van der Waals surface area contributed by atoms with Crippen molar-refractivity contribution in [2.45, 2.75) is 20.0 Å². The number of halogens is 1. The maximum absolute atomic E-state index is 5.37. The minimum atomic E-state index is 0. The third-order valence-corrected chi connectivity index (χ3v) is 4.13. The number of benzene rings is 2. The third-order valence-electron chi connectivity index (χ3n) is 4.13. The van der Waals surface area contributed by atoms with Gasteiger partial charge in [0.1, 0.15) is 5.75 Å². The summed E-state index contributed by atoms with van der Waals surface area (Å²) < 4.78 is 15.9. The van der Waals surface area contributed by atoms with E-state index < -0.39 is 0 Å². The molecule has 2 aromatic carbocycles. The Kier molecular flexibility index (Phi) is 10.5. The quantitative estimate of drug-likeness (QED) is 0.339. The lowest BCUT2D eigenvalue weighted by Gasteiger charge is -2.22. The molecule has 0 heterocycles. The minimum Gasteiger partial charge on any atom is -0.497 e. The van der Waals surface area contributed by atoms with Gasteiger partial charge < -0.3 is 24.4 Å². The van der Waals surface area contributed by atoms with Gasteiger partial charge in [-0.25, -0.2) is 4.99 Å². The van der Waals surface area contributed by atoms with Crippen LogP contribution >= 0.6 is 24.0 Å². The number of aliphatic imine (C=N–C) groups is 1. The normalized spacial score (nSPS) is 10.7. The number of ether oxygens (including phenoxy) is 3. The maximum Gasteiger partial charge on any atom is 0.194 e. The van der Waals surface area contributed by atoms with Crippen LogP contribution in [0.3, 0.4) is 0 Å². The summed E-state index contributed by atoms with van der Waals surface area (Å²) >= 11 is 0. The van der Waals surface area contributed by atoms with Crippen molar-refractivity contribution in [3.05, 3.63) is 53.6 Å². The highest BCUT2D eigenvalue weighted by Gasteiger charge is 2.08. The fraction of sp³-hybridized carbons (Fsp3) is 0.381. The highest BCUT2D eigenvalue weighted by Crippen LogP contribution is 2.27. The minimum absolute atomic E-state index is 0. The van der Waals surface area contributed by atoms with Crippen molar-refractivity contribution in [3.8, 4) is 17.2 Å². The average molecular weight is 499 g/mol. The second kappa shape index (κ2) is 12.3. The fourth-order valence-electron chi connectivity index (χ4n) is 2.69. The molecule has 0 saturated heterocycles. The Morgan fingerprint density at radius 1 is 0.929 bits per heavy atom. The lowest BCUT2D eigenvalue weighted by Crippen LogP contribution is -2.38. The van der Waals surface area contributed by atoms with Crippen molar-refractivity contribution >= 4 is 29.9 Å². The molecule has 0 atom stereocenters. The first-order valence-electron chi connectivity index (χ1n) is 8.94. The Morgan fingerprint density at radius 3 is 2.14 bits per heavy atom. The lowest BCUT2D eigenvalue weighted by molar-refractivity contribution is 0.354. The van der Waals surface area contributed by atoms with Crippen LogP contribution in [0.4, 0.5) is 0 Å². The molecule has 0 bridgehead atoms. The van der Waals surface area contributed by atoms with E-state index in [0.717, 1.165) is 30.4 Å². The number of hydrogen-bond acceptors (Lipinski definition) is 4. The molecule has 6 nitrogen and oxygen atoms in total. The second-order valence-corrected chi connectivity index (χ2v) is 6.06. The van der Waals surface area contributed by atoms with Gasteiger partial charge in [0.15, 0.2) is 17.5 Å². The van der Waals surface area contributed by atoms with E-state index >= 15 is 0 Å². The first kappa shape index (κ1) is 23.9. The number of guanidine groups is 1. The molecule has 2 aromatic rings. The molecule has 0 aliphatic rings. The van der Waals surface area contributed by atoms with E-state index in [1.54, 1.807) is 21.3 Å². The predicted molar refractivity (Wildman–Crippen MR) is 124 cm³/mol. The van der Waals surface area contributed by atoms with Crippen LogP contribution in [0.15, 0.2) is 47.5 Å². The summed E-state index contributed by atoms with van der Waals surface area (Å²) in [6.45, 7) is 4.17. The summed E-state index contributed by atoms with van der Waals surface area (Å²) in [5.74, 6) is 3.13. The van der Waals surface area contributed by atoms with E-state index in [2.05, 4.69) is 29.3 Å². The molecule has 7 heteroatoms.